The van der Waals surface area contributed by atoms with E-state index in [0.29, 0.717) is 23.7 Å². The fraction of sp³-hybridized carbons (Fsp3) is 0.579. The van der Waals surface area contributed by atoms with E-state index in [1.165, 1.54) is 0 Å². The summed E-state index contributed by atoms with van der Waals surface area (Å²) < 4.78 is 6.23. The number of nitrogens with zero attached hydrogens (tertiary/aromatic N) is 2. The van der Waals surface area contributed by atoms with E-state index in [1.807, 2.05) is 4.90 Å². The van der Waals surface area contributed by atoms with Crippen LogP contribution in [-0.4, -0.2) is 60.5 Å². The summed E-state index contributed by atoms with van der Waals surface area (Å²) in [6.07, 6.45) is 2.05. The molecule has 1 aromatic rings. The number of hydrogen-bond donors (Lipinski definition) is 0. The summed E-state index contributed by atoms with van der Waals surface area (Å²) >= 11 is 5.90. The lowest BCUT2D eigenvalue weighted by Gasteiger charge is -2.44. The van der Waals surface area contributed by atoms with Gasteiger partial charge in [-0.05, 0) is 43.5 Å². The molecule has 2 amide bonds. The molecule has 0 saturated carbocycles. The zero-order chi connectivity index (χ0) is 18.2. The Kier molecular flexibility index (Phi) is 5.07. The number of likely N-dealkylation sites (N-methyl/N-ethyl adjacent to an activating group) is 1. The molecule has 3 unspecified atom stereocenters. The van der Waals surface area contributed by atoms with E-state index in [4.69, 9.17) is 16.3 Å². The summed E-state index contributed by atoms with van der Waals surface area (Å²) in [5.74, 6) is 0.249. The van der Waals surface area contributed by atoms with E-state index in [1.54, 1.807) is 43.3 Å². The molecule has 2 saturated heterocycles. The van der Waals surface area contributed by atoms with Crippen molar-refractivity contribution in [2.24, 2.45) is 5.92 Å². The minimum absolute atomic E-state index is 0.0253. The second kappa shape index (κ2) is 6.96. The molecule has 6 heteroatoms. The van der Waals surface area contributed by atoms with Crippen molar-refractivity contribution in [1.29, 1.82) is 0 Å². The van der Waals surface area contributed by atoms with Gasteiger partial charge in [0.05, 0.1) is 5.60 Å². The molecule has 2 heterocycles. The quantitative estimate of drug-likeness (QED) is 0.810. The van der Waals surface area contributed by atoms with Crippen LogP contribution in [0.4, 0.5) is 0 Å². The Labute approximate surface area is 153 Å². The number of benzene rings is 1. The average Bonchev–Trinajstić information content (AvgIpc) is 3.02. The number of halogens is 1. The zero-order valence-electron chi connectivity index (χ0n) is 15.0. The Morgan fingerprint density at radius 1 is 1.24 bits per heavy atom. The van der Waals surface area contributed by atoms with Crippen LogP contribution in [0.3, 0.4) is 0 Å². The molecule has 1 spiro atoms. The monoisotopic (exact) mass is 364 g/mol. The molecule has 0 bridgehead atoms. The molecule has 5 nitrogen and oxygen atoms in total. The molecular formula is C19H25ClN2O3. The van der Waals surface area contributed by atoms with E-state index >= 15 is 0 Å². The smallest absolute Gasteiger partial charge is 0.253 e. The fourth-order valence-corrected chi connectivity index (χ4v) is 4.03. The van der Waals surface area contributed by atoms with E-state index in [2.05, 4.69) is 6.92 Å². The normalized spacial score (nSPS) is 29.0. The van der Waals surface area contributed by atoms with Gasteiger partial charge in [-0.2, -0.15) is 0 Å². The number of carbonyl (C=O) groups is 2. The van der Waals surface area contributed by atoms with Crippen LogP contribution < -0.4 is 0 Å². The van der Waals surface area contributed by atoms with Gasteiger partial charge in [0.2, 0.25) is 0 Å². The van der Waals surface area contributed by atoms with Gasteiger partial charge >= 0.3 is 0 Å². The number of hydrogen-bond acceptors (Lipinski definition) is 3. The fourth-order valence-electron chi connectivity index (χ4n) is 3.90. The summed E-state index contributed by atoms with van der Waals surface area (Å²) in [5, 5.41) is 0.624. The SMILES string of the molecule is CC1CN(C(=O)c2ccc(Cl)cc2)CCC12CCC(C(=O)N(C)C)O2. The third kappa shape index (κ3) is 3.53. The van der Waals surface area contributed by atoms with Gasteiger partial charge in [0.25, 0.3) is 11.8 Å². The first-order chi connectivity index (χ1) is 11.8. The van der Waals surface area contributed by atoms with Crippen LogP contribution in [0, 0.1) is 5.92 Å². The van der Waals surface area contributed by atoms with Gasteiger partial charge in [-0.25, -0.2) is 0 Å². The molecule has 3 rings (SSSR count). The number of rotatable bonds is 2. The van der Waals surface area contributed by atoms with Crippen LogP contribution in [0.15, 0.2) is 24.3 Å². The molecule has 1 aromatic carbocycles. The minimum Gasteiger partial charge on any atom is -0.362 e. The summed E-state index contributed by atoms with van der Waals surface area (Å²) in [6.45, 7) is 3.41. The van der Waals surface area contributed by atoms with Crippen LogP contribution in [0.25, 0.3) is 0 Å². The lowest BCUT2D eigenvalue weighted by molar-refractivity contribution is -0.153. The standard InChI is InChI=1S/C19H25ClN2O3/c1-13-12-22(17(23)14-4-6-15(20)7-5-14)11-10-19(13)9-8-16(25-19)18(24)21(2)3/h4-7,13,16H,8-12H2,1-3H3. The molecule has 136 valence electrons. The summed E-state index contributed by atoms with van der Waals surface area (Å²) in [5.41, 5.74) is 0.369. The molecule has 3 atom stereocenters. The Morgan fingerprint density at radius 2 is 1.92 bits per heavy atom. The molecule has 2 fully saturated rings. The van der Waals surface area contributed by atoms with Gasteiger partial charge in [-0.15, -0.1) is 0 Å². The molecule has 2 aliphatic heterocycles. The van der Waals surface area contributed by atoms with Crippen LogP contribution in [-0.2, 0) is 9.53 Å². The second-order valence-electron chi connectivity index (χ2n) is 7.35. The zero-order valence-corrected chi connectivity index (χ0v) is 15.8. The highest BCUT2D eigenvalue weighted by Crippen LogP contribution is 2.42. The van der Waals surface area contributed by atoms with Crippen molar-refractivity contribution in [2.45, 2.75) is 37.9 Å². The minimum atomic E-state index is -0.351. The summed E-state index contributed by atoms with van der Waals surface area (Å²) in [6, 6.07) is 7.00. The van der Waals surface area contributed by atoms with E-state index in [9.17, 15) is 9.59 Å². The highest BCUT2D eigenvalue weighted by molar-refractivity contribution is 6.30. The maximum absolute atomic E-state index is 12.7. The van der Waals surface area contributed by atoms with Crippen molar-refractivity contribution < 1.29 is 14.3 Å². The molecule has 25 heavy (non-hydrogen) atoms. The maximum Gasteiger partial charge on any atom is 0.253 e. The first kappa shape index (κ1) is 18.2. The largest absolute Gasteiger partial charge is 0.362 e. The lowest BCUT2D eigenvalue weighted by atomic mass is 9.80. The van der Waals surface area contributed by atoms with Crippen molar-refractivity contribution in [1.82, 2.24) is 9.80 Å². The highest BCUT2D eigenvalue weighted by atomic mass is 35.5. The van der Waals surface area contributed by atoms with Crippen LogP contribution in [0.1, 0.15) is 36.5 Å². The second-order valence-corrected chi connectivity index (χ2v) is 7.79. The van der Waals surface area contributed by atoms with E-state index in [0.717, 1.165) is 19.3 Å². The third-order valence-electron chi connectivity index (χ3n) is 5.50. The first-order valence-corrected chi connectivity index (χ1v) is 9.14. The van der Waals surface area contributed by atoms with Gasteiger partial charge < -0.3 is 14.5 Å². The van der Waals surface area contributed by atoms with Crippen molar-refractivity contribution in [3.05, 3.63) is 34.9 Å². The van der Waals surface area contributed by atoms with Crippen molar-refractivity contribution in [2.75, 3.05) is 27.2 Å². The van der Waals surface area contributed by atoms with Gasteiger partial charge in [0, 0.05) is 43.7 Å². The number of carbonyl (C=O) groups excluding carboxylic acids is 2. The highest BCUT2D eigenvalue weighted by Gasteiger charge is 2.49. The predicted molar refractivity (Wildman–Crippen MR) is 96.7 cm³/mol. The van der Waals surface area contributed by atoms with Gasteiger partial charge in [0.1, 0.15) is 6.10 Å². The summed E-state index contributed by atoms with van der Waals surface area (Å²) in [7, 11) is 3.51. The first-order valence-electron chi connectivity index (χ1n) is 8.76. The van der Waals surface area contributed by atoms with Gasteiger partial charge in [-0.3, -0.25) is 9.59 Å². The number of piperidine rings is 1. The maximum atomic E-state index is 12.7. The number of amides is 2. The lowest BCUT2D eigenvalue weighted by Crippen LogP contribution is -2.53. The third-order valence-corrected chi connectivity index (χ3v) is 5.75. The molecule has 0 aromatic heterocycles. The Morgan fingerprint density at radius 3 is 2.52 bits per heavy atom. The van der Waals surface area contributed by atoms with Crippen molar-refractivity contribution >= 4 is 23.4 Å². The molecule has 2 aliphatic rings. The molecule has 0 radical (unpaired) electrons. The average molecular weight is 365 g/mol. The van der Waals surface area contributed by atoms with E-state index in [-0.39, 0.29) is 29.4 Å². The Bertz CT molecular complexity index is 661. The molecule has 0 aliphatic carbocycles. The van der Waals surface area contributed by atoms with Crippen LogP contribution >= 0.6 is 11.6 Å². The summed E-state index contributed by atoms with van der Waals surface area (Å²) in [4.78, 5) is 28.4. The van der Waals surface area contributed by atoms with E-state index < -0.39 is 0 Å². The van der Waals surface area contributed by atoms with Crippen LogP contribution in [0.2, 0.25) is 5.02 Å². The Balaban J connectivity index is 1.66. The molecule has 0 N–H and O–H groups in total. The topological polar surface area (TPSA) is 49.9 Å². The van der Waals surface area contributed by atoms with Crippen molar-refractivity contribution in [3.8, 4) is 0 Å². The van der Waals surface area contributed by atoms with Crippen LogP contribution in [0.5, 0.6) is 0 Å². The van der Waals surface area contributed by atoms with Gasteiger partial charge in [0.15, 0.2) is 0 Å². The predicted octanol–water partition coefficient (Wildman–Crippen LogP) is 2.83. The number of ether oxygens (including phenoxy) is 1. The molecular weight excluding hydrogens is 340 g/mol. The van der Waals surface area contributed by atoms with Gasteiger partial charge in [-0.1, -0.05) is 18.5 Å². The Hall–Kier alpha value is -1.59. The number of likely N-dealkylation sites (tertiary alicyclic amines) is 1. The van der Waals surface area contributed by atoms with Crippen molar-refractivity contribution in [3.63, 3.8) is 0 Å².